The SMILES string of the molecule is CC(C(=O)O)=C(C#N)c1ccccc1. The molecule has 0 fully saturated rings. The van der Waals surface area contributed by atoms with Crippen LogP contribution >= 0.6 is 0 Å². The molecule has 0 aliphatic carbocycles. The largest absolute Gasteiger partial charge is 0.478 e. The molecular weight excluding hydrogens is 178 g/mol. The number of rotatable bonds is 2. The first-order valence-corrected chi connectivity index (χ1v) is 4.06. The van der Waals surface area contributed by atoms with Gasteiger partial charge in [-0.2, -0.15) is 5.26 Å². The Morgan fingerprint density at radius 2 is 1.93 bits per heavy atom. The van der Waals surface area contributed by atoms with E-state index in [-0.39, 0.29) is 11.1 Å². The topological polar surface area (TPSA) is 61.1 Å². The molecule has 3 heteroatoms. The van der Waals surface area contributed by atoms with E-state index in [0.717, 1.165) is 0 Å². The third-order valence-electron chi connectivity index (χ3n) is 1.87. The molecule has 0 heterocycles. The van der Waals surface area contributed by atoms with E-state index in [2.05, 4.69) is 0 Å². The van der Waals surface area contributed by atoms with Crippen LogP contribution in [0.4, 0.5) is 0 Å². The molecule has 1 aromatic carbocycles. The fourth-order valence-electron chi connectivity index (χ4n) is 1.08. The third-order valence-corrected chi connectivity index (χ3v) is 1.87. The molecule has 1 rings (SSSR count). The number of nitrogens with zero attached hydrogens (tertiary/aromatic N) is 1. The molecule has 0 aliphatic rings. The lowest BCUT2D eigenvalue weighted by Crippen LogP contribution is -1.99. The van der Waals surface area contributed by atoms with E-state index in [1.165, 1.54) is 6.92 Å². The van der Waals surface area contributed by atoms with Crippen molar-refractivity contribution in [3.8, 4) is 6.07 Å². The number of allylic oxidation sites excluding steroid dienone is 1. The molecule has 0 aliphatic heterocycles. The highest BCUT2D eigenvalue weighted by molar-refractivity contribution is 5.99. The lowest BCUT2D eigenvalue weighted by atomic mass is 10.0. The molecule has 1 N–H and O–H groups in total. The van der Waals surface area contributed by atoms with Crippen molar-refractivity contribution >= 4 is 11.5 Å². The van der Waals surface area contributed by atoms with Crippen LogP contribution in [0, 0.1) is 11.3 Å². The molecule has 3 nitrogen and oxygen atoms in total. The molecule has 0 saturated heterocycles. The van der Waals surface area contributed by atoms with Crippen molar-refractivity contribution in [3.63, 3.8) is 0 Å². The van der Waals surface area contributed by atoms with Crippen molar-refractivity contribution in [1.29, 1.82) is 5.26 Å². The fourth-order valence-corrected chi connectivity index (χ4v) is 1.08. The van der Waals surface area contributed by atoms with Gasteiger partial charge in [-0.1, -0.05) is 30.3 Å². The second kappa shape index (κ2) is 4.24. The number of hydrogen-bond acceptors (Lipinski definition) is 2. The van der Waals surface area contributed by atoms with E-state index in [1.807, 2.05) is 12.1 Å². The summed E-state index contributed by atoms with van der Waals surface area (Å²) in [4.78, 5) is 10.7. The van der Waals surface area contributed by atoms with Crippen LogP contribution in [0.15, 0.2) is 35.9 Å². The number of nitriles is 1. The van der Waals surface area contributed by atoms with Crippen LogP contribution in [0.25, 0.3) is 5.57 Å². The molecule has 0 unspecified atom stereocenters. The van der Waals surface area contributed by atoms with Gasteiger partial charge < -0.3 is 5.11 Å². The molecule has 0 spiro atoms. The van der Waals surface area contributed by atoms with Gasteiger partial charge in [0, 0.05) is 0 Å². The van der Waals surface area contributed by atoms with E-state index < -0.39 is 5.97 Å². The summed E-state index contributed by atoms with van der Waals surface area (Å²) >= 11 is 0. The third kappa shape index (κ3) is 1.99. The summed E-state index contributed by atoms with van der Waals surface area (Å²) in [5.41, 5.74) is 0.909. The van der Waals surface area contributed by atoms with Gasteiger partial charge in [0.2, 0.25) is 0 Å². The highest BCUT2D eigenvalue weighted by atomic mass is 16.4. The number of aliphatic carboxylic acids is 1. The van der Waals surface area contributed by atoms with Gasteiger partial charge in [-0.15, -0.1) is 0 Å². The molecule has 70 valence electrons. The molecule has 14 heavy (non-hydrogen) atoms. The monoisotopic (exact) mass is 187 g/mol. The summed E-state index contributed by atoms with van der Waals surface area (Å²) in [5.74, 6) is -1.06. The Labute approximate surface area is 81.9 Å². The van der Waals surface area contributed by atoms with Gasteiger partial charge in [0.1, 0.15) is 6.07 Å². The Morgan fingerprint density at radius 1 is 1.36 bits per heavy atom. The van der Waals surface area contributed by atoms with Crippen LogP contribution in [0.1, 0.15) is 12.5 Å². The number of benzene rings is 1. The van der Waals surface area contributed by atoms with Gasteiger partial charge >= 0.3 is 5.97 Å². The predicted octanol–water partition coefficient (Wildman–Crippen LogP) is 2.07. The number of carboxylic acids is 1. The van der Waals surface area contributed by atoms with Crippen molar-refractivity contribution in [2.75, 3.05) is 0 Å². The van der Waals surface area contributed by atoms with Crippen molar-refractivity contribution < 1.29 is 9.90 Å². The quantitative estimate of drug-likeness (QED) is 0.569. The Hall–Kier alpha value is -2.08. The summed E-state index contributed by atoms with van der Waals surface area (Å²) in [6.07, 6.45) is 0. The molecule has 0 atom stereocenters. The Bertz CT molecular complexity index is 413. The Morgan fingerprint density at radius 3 is 2.36 bits per heavy atom. The summed E-state index contributed by atoms with van der Waals surface area (Å²) in [7, 11) is 0. The van der Waals surface area contributed by atoms with Gasteiger partial charge in [-0.05, 0) is 12.5 Å². The Balaban J connectivity index is 3.26. The second-order valence-electron chi connectivity index (χ2n) is 2.78. The van der Waals surface area contributed by atoms with E-state index in [9.17, 15) is 4.79 Å². The smallest absolute Gasteiger partial charge is 0.332 e. The summed E-state index contributed by atoms with van der Waals surface area (Å²) < 4.78 is 0. The van der Waals surface area contributed by atoms with Gasteiger partial charge in [-0.3, -0.25) is 0 Å². The normalized spacial score (nSPS) is 11.4. The van der Waals surface area contributed by atoms with Gasteiger partial charge in [-0.25, -0.2) is 4.79 Å². The molecular formula is C11H9NO2. The van der Waals surface area contributed by atoms with E-state index in [1.54, 1.807) is 24.3 Å². The zero-order valence-electron chi connectivity index (χ0n) is 7.69. The molecule has 0 amide bonds. The average molecular weight is 187 g/mol. The lowest BCUT2D eigenvalue weighted by Gasteiger charge is -2.00. The first kappa shape index (κ1) is 10.0. The van der Waals surface area contributed by atoms with Crippen LogP contribution in [-0.2, 0) is 4.79 Å². The molecule has 0 saturated carbocycles. The van der Waals surface area contributed by atoms with Crippen LogP contribution in [0.3, 0.4) is 0 Å². The standard InChI is InChI=1S/C11H9NO2/c1-8(11(13)14)10(7-12)9-5-3-2-4-6-9/h2-6H,1H3,(H,13,14). The number of hydrogen-bond donors (Lipinski definition) is 1. The second-order valence-corrected chi connectivity index (χ2v) is 2.78. The van der Waals surface area contributed by atoms with Gasteiger partial charge in [0.15, 0.2) is 0 Å². The molecule has 0 bridgehead atoms. The highest BCUT2D eigenvalue weighted by Gasteiger charge is 2.10. The maximum atomic E-state index is 10.7. The minimum Gasteiger partial charge on any atom is -0.478 e. The lowest BCUT2D eigenvalue weighted by molar-refractivity contribution is -0.132. The minimum absolute atomic E-state index is 0.0682. The first-order valence-electron chi connectivity index (χ1n) is 4.06. The highest BCUT2D eigenvalue weighted by Crippen LogP contribution is 2.17. The van der Waals surface area contributed by atoms with Crippen LogP contribution in [-0.4, -0.2) is 11.1 Å². The number of carbonyl (C=O) groups is 1. The average Bonchev–Trinajstić information content (AvgIpc) is 2.20. The predicted molar refractivity (Wildman–Crippen MR) is 52.3 cm³/mol. The zero-order chi connectivity index (χ0) is 10.6. The fraction of sp³-hybridized carbons (Fsp3) is 0.0909. The van der Waals surface area contributed by atoms with Crippen molar-refractivity contribution in [2.45, 2.75) is 6.92 Å². The summed E-state index contributed by atoms with van der Waals surface area (Å²) in [6.45, 7) is 1.42. The van der Waals surface area contributed by atoms with E-state index in [0.29, 0.717) is 5.56 Å². The maximum Gasteiger partial charge on any atom is 0.332 e. The van der Waals surface area contributed by atoms with Gasteiger partial charge in [0.25, 0.3) is 0 Å². The molecule has 0 radical (unpaired) electrons. The van der Waals surface area contributed by atoms with Gasteiger partial charge in [0.05, 0.1) is 11.1 Å². The maximum absolute atomic E-state index is 10.7. The van der Waals surface area contributed by atoms with Crippen molar-refractivity contribution in [1.82, 2.24) is 0 Å². The first-order chi connectivity index (χ1) is 6.66. The molecule has 1 aromatic rings. The number of carboxylic acid groups (broad SMARTS) is 1. The zero-order valence-corrected chi connectivity index (χ0v) is 7.69. The van der Waals surface area contributed by atoms with E-state index >= 15 is 0 Å². The molecule has 0 aromatic heterocycles. The minimum atomic E-state index is -1.06. The van der Waals surface area contributed by atoms with Crippen molar-refractivity contribution in [3.05, 3.63) is 41.5 Å². The van der Waals surface area contributed by atoms with Crippen molar-refractivity contribution in [2.24, 2.45) is 0 Å². The summed E-state index contributed by atoms with van der Waals surface area (Å²) in [6, 6.07) is 10.7. The van der Waals surface area contributed by atoms with Crippen LogP contribution in [0.5, 0.6) is 0 Å². The van der Waals surface area contributed by atoms with Crippen LogP contribution in [0.2, 0.25) is 0 Å². The van der Waals surface area contributed by atoms with E-state index in [4.69, 9.17) is 10.4 Å². The Kier molecular flexibility index (Phi) is 3.03. The summed E-state index contributed by atoms with van der Waals surface area (Å²) in [5, 5.41) is 17.6. The van der Waals surface area contributed by atoms with Crippen LogP contribution < -0.4 is 0 Å².